The molecular weight excluding hydrogens is 132 g/mol. The average molecular weight is 136 g/mol. The van der Waals surface area contributed by atoms with Gasteiger partial charge in [-0.25, -0.2) is 20.5 Å². The van der Waals surface area contributed by atoms with Crippen molar-refractivity contribution < 1.29 is 24.7 Å². The van der Waals surface area contributed by atoms with Crippen LogP contribution < -0.4 is 11.0 Å². The number of carbonyl (C=O) groups is 2. The van der Waals surface area contributed by atoms with Crippen LogP contribution >= 0.6 is 0 Å². The molecule has 0 fully saturated rings. The molecule has 0 radical (unpaired) electrons. The normalized spacial score (nSPS) is 7.78. The van der Waals surface area contributed by atoms with Gasteiger partial charge in [0.05, 0.1) is 0 Å². The Labute approximate surface area is 49.1 Å². The van der Waals surface area contributed by atoms with E-state index in [2.05, 4.69) is 4.74 Å². The van der Waals surface area contributed by atoms with Gasteiger partial charge >= 0.3 is 12.2 Å². The number of hydroxylamine groups is 2. The predicted molar refractivity (Wildman–Crippen MR) is 21.7 cm³/mol. The quantitative estimate of drug-likeness (QED) is 0.198. The largest absolute Gasteiger partial charge is 0.440 e. The maximum absolute atomic E-state index is 9.83. The summed E-state index contributed by atoms with van der Waals surface area (Å²) in [5.41, 5.74) is 1.99. The van der Waals surface area contributed by atoms with E-state index in [1.165, 1.54) is 0 Å². The third-order valence-electron chi connectivity index (χ3n) is 0.368. The van der Waals surface area contributed by atoms with E-state index in [0.29, 0.717) is 0 Å². The highest BCUT2D eigenvalue weighted by atomic mass is 16.7. The number of nitrogens with one attached hydrogen (secondary N) is 2. The summed E-state index contributed by atoms with van der Waals surface area (Å²) in [6, 6.07) is 0. The number of amides is 2. The molecule has 0 atom stereocenters. The van der Waals surface area contributed by atoms with Crippen molar-refractivity contribution in [1.29, 1.82) is 0 Å². The first-order chi connectivity index (χ1) is 4.20. The van der Waals surface area contributed by atoms with Gasteiger partial charge in [0.2, 0.25) is 0 Å². The van der Waals surface area contributed by atoms with Gasteiger partial charge in [0.15, 0.2) is 0 Å². The number of ether oxygens (including phenoxy) is 1. The molecule has 0 aliphatic heterocycles. The third kappa shape index (κ3) is 3.26. The topological polar surface area (TPSA) is 108 Å². The summed E-state index contributed by atoms with van der Waals surface area (Å²) >= 11 is 0. The fourth-order valence-corrected chi connectivity index (χ4v) is 0.130. The van der Waals surface area contributed by atoms with Crippen LogP contribution in [0.4, 0.5) is 9.59 Å². The van der Waals surface area contributed by atoms with Gasteiger partial charge in [-0.05, 0) is 0 Å². The molecule has 0 aromatic heterocycles. The first-order valence-corrected chi connectivity index (χ1v) is 1.76. The minimum atomic E-state index is -1.37. The SMILES string of the molecule is O=C(NO)OC(=O)NO. The highest BCUT2D eigenvalue weighted by Crippen LogP contribution is 1.74. The second-order valence-electron chi connectivity index (χ2n) is 0.901. The highest BCUT2D eigenvalue weighted by molar-refractivity contribution is 5.82. The molecule has 0 bridgehead atoms. The summed E-state index contributed by atoms with van der Waals surface area (Å²) < 4.78 is 3.55. The van der Waals surface area contributed by atoms with Crippen molar-refractivity contribution in [2.45, 2.75) is 0 Å². The van der Waals surface area contributed by atoms with Crippen molar-refractivity contribution in [3.8, 4) is 0 Å². The van der Waals surface area contributed by atoms with Crippen LogP contribution in [0, 0.1) is 0 Å². The standard InChI is InChI=1S/C2H4N2O5/c5-1(3-7)9-2(6)4-8/h7-8H,(H,3,5)(H,4,6). The van der Waals surface area contributed by atoms with Crippen LogP contribution in [-0.4, -0.2) is 22.6 Å². The van der Waals surface area contributed by atoms with Gasteiger partial charge in [-0.3, -0.25) is 10.4 Å². The maximum Gasteiger partial charge on any atom is 0.440 e. The Kier molecular flexibility index (Phi) is 3.09. The molecule has 0 saturated carbocycles. The van der Waals surface area contributed by atoms with Gasteiger partial charge in [0.25, 0.3) is 0 Å². The molecule has 0 aliphatic carbocycles. The molecular formula is C2H4N2O5. The summed E-state index contributed by atoms with van der Waals surface area (Å²) in [6.07, 6.45) is -2.75. The fourth-order valence-electron chi connectivity index (χ4n) is 0.130. The zero-order valence-electron chi connectivity index (χ0n) is 4.12. The predicted octanol–water partition coefficient (Wildman–Crippen LogP) is -0.799. The highest BCUT2D eigenvalue weighted by Gasteiger charge is 2.05. The molecule has 7 nitrogen and oxygen atoms in total. The molecule has 0 aromatic rings. The lowest BCUT2D eigenvalue weighted by Gasteiger charge is -1.96. The monoisotopic (exact) mass is 136 g/mol. The van der Waals surface area contributed by atoms with E-state index < -0.39 is 12.2 Å². The fraction of sp³-hybridized carbons (Fsp3) is 0. The van der Waals surface area contributed by atoms with Gasteiger partial charge < -0.3 is 4.74 Å². The van der Waals surface area contributed by atoms with Crippen molar-refractivity contribution in [3.05, 3.63) is 0 Å². The Morgan fingerprint density at radius 1 is 1.11 bits per heavy atom. The van der Waals surface area contributed by atoms with Crippen molar-refractivity contribution in [1.82, 2.24) is 11.0 Å². The Hall–Kier alpha value is -1.34. The van der Waals surface area contributed by atoms with E-state index in [9.17, 15) is 9.59 Å². The number of carbonyl (C=O) groups excluding carboxylic acids is 2. The van der Waals surface area contributed by atoms with E-state index in [0.717, 1.165) is 11.0 Å². The molecule has 0 spiro atoms. The van der Waals surface area contributed by atoms with Crippen molar-refractivity contribution >= 4 is 12.2 Å². The zero-order valence-corrected chi connectivity index (χ0v) is 4.12. The molecule has 0 unspecified atom stereocenters. The van der Waals surface area contributed by atoms with Crippen LogP contribution in [0.25, 0.3) is 0 Å². The molecule has 0 heterocycles. The van der Waals surface area contributed by atoms with Gasteiger partial charge in [-0.2, -0.15) is 0 Å². The van der Waals surface area contributed by atoms with Crippen LogP contribution in [-0.2, 0) is 4.74 Å². The number of rotatable bonds is 0. The van der Waals surface area contributed by atoms with Gasteiger partial charge in [-0.15, -0.1) is 0 Å². The lowest BCUT2D eigenvalue weighted by molar-refractivity contribution is 0.0794. The first-order valence-electron chi connectivity index (χ1n) is 1.76. The van der Waals surface area contributed by atoms with E-state index in [4.69, 9.17) is 10.4 Å². The Balaban J connectivity index is 3.47. The smallest absolute Gasteiger partial charge is 0.356 e. The molecule has 0 aromatic carbocycles. The van der Waals surface area contributed by atoms with Crippen molar-refractivity contribution in [2.75, 3.05) is 0 Å². The van der Waals surface area contributed by atoms with E-state index in [1.807, 2.05) is 0 Å². The van der Waals surface area contributed by atoms with Crippen molar-refractivity contribution in [2.24, 2.45) is 0 Å². The van der Waals surface area contributed by atoms with Crippen LogP contribution in [0.3, 0.4) is 0 Å². The lowest BCUT2D eigenvalue weighted by atomic mass is 11.1. The molecule has 0 rings (SSSR count). The van der Waals surface area contributed by atoms with Crippen LogP contribution in [0.5, 0.6) is 0 Å². The van der Waals surface area contributed by atoms with Crippen LogP contribution in [0.15, 0.2) is 0 Å². The molecule has 52 valence electrons. The molecule has 4 N–H and O–H groups in total. The Bertz CT molecular complexity index is 108. The van der Waals surface area contributed by atoms with E-state index >= 15 is 0 Å². The number of hydrogen-bond donors (Lipinski definition) is 4. The average Bonchev–Trinajstić information content (AvgIpc) is 1.87. The van der Waals surface area contributed by atoms with Gasteiger partial charge in [0, 0.05) is 0 Å². The first kappa shape index (κ1) is 7.66. The molecule has 0 saturated heterocycles. The Morgan fingerprint density at radius 2 is 1.44 bits per heavy atom. The number of hydrogen-bond acceptors (Lipinski definition) is 5. The second-order valence-corrected chi connectivity index (χ2v) is 0.901. The van der Waals surface area contributed by atoms with Crippen LogP contribution in [0.2, 0.25) is 0 Å². The summed E-state index contributed by atoms with van der Waals surface area (Å²) in [7, 11) is 0. The summed E-state index contributed by atoms with van der Waals surface area (Å²) in [5, 5.41) is 15.4. The lowest BCUT2D eigenvalue weighted by Crippen LogP contribution is -2.29. The summed E-state index contributed by atoms with van der Waals surface area (Å²) in [4.78, 5) is 19.7. The van der Waals surface area contributed by atoms with E-state index in [-0.39, 0.29) is 0 Å². The minimum absolute atomic E-state index is 0.997. The third-order valence-corrected chi connectivity index (χ3v) is 0.368. The van der Waals surface area contributed by atoms with E-state index in [1.54, 1.807) is 0 Å². The molecule has 7 heteroatoms. The maximum atomic E-state index is 9.83. The summed E-state index contributed by atoms with van der Waals surface area (Å²) in [6.45, 7) is 0. The second kappa shape index (κ2) is 3.64. The molecule has 9 heavy (non-hydrogen) atoms. The molecule has 2 amide bonds. The molecule has 0 aliphatic rings. The van der Waals surface area contributed by atoms with Gasteiger partial charge in [0.1, 0.15) is 0 Å². The van der Waals surface area contributed by atoms with Crippen LogP contribution in [0.1, 0.15) is 0 Å². The van der Waals surface area contributed by atoms with Crippen molar-refractivity contribution in [3.63, 3.8) is 0 Å². The summed E-state index contributed by atoms with van der Waals surface area (Å²) in [5.74, 6) is 0. The van der Waals surface area contributed by atoms with Gasteiger partial charge in [-0.1, -0.05) is 0 Å². The minimum Gasteiger partial charge on any atom is -0.356 e. The zero-order chi connectivity index (χ0) is 7.28. The Morgan fingerprint density at radius 3 is 1.67 bits per heavy atom.